The Hall–Kier alpha value is -3.05. The number of fused-ring (bicyclic) bond motifs is 3. The number of amides is 1. The summed E-state index contributed by atoms with van der Waals surface area (Å²) in [6.07, 6.45) is 2.39. The number of aromatic nitrogens is 1. The zero-order chi connectivity index (χ0) is 17.4. The van der Waals surface area contributed by atoms with E-state index in [2.05, 4.69) is 4.98 Å². The zero-order valence-corrected chi connectivity index (χ0v) is 13.8. The van der Waals surface area contributed by atoms with Crippen LogP contribution in [0.2, 0.25) is 5.02 Å². The van der Waals surface area contributed by atoms with Gasteiger partial charge >= 0.3 is 6.09 Å². The highest BCUT2D eigenvalue weighted by Gasteiger charge is 2.23. The van der Waals surface area contributed by atoms with Gasteiger partial charge < -0.3 is 9.84 Å². The highest BCUT2D eigenvalue weighted by atomic mass is 35.5. The van der Waals surface area contributed by atoms with Gasteiger partial charge in [-0.15, -0.1) is 0 Å². The van der Waals surface area contributed by atoms with Crippen LogP contribution in [0, 0.1) is 0 Å². The van der Waals surface area contributed by atoms with E-state index in [-0.39, 0.29) is 0 Å². The maximum absolute atomic E-state index is 11.8. The third kappa shape index (κ3) is 2.68. The molecule has 0 atom stereocenters. The summed E-state index contributed by atoms with van der Waals surface area (Å²) in [5, 5.41) is 10.0. The van der Waals surface area contributed by atoms with Crippen molar-refractivity contribution in [3.63, 3.8) is 0 Å². The van der Waals surface area contributed by atoms with Gasteiger partial charge in [-0.25, -0.2) is 9.69 Å². The highest BCUT2D eigenvalue weighted by Crippen LogP contribution is 2.41. The Kier molecular flexibility index (Phi) is 3.78. The molecule has 0 bridgehead atoms. The van der Waals surface area contributed by atoms with Crippen molar-refractivity contribution in [2.24, 2.45) is 0 Å². The Morgan fingerprint density at radius 1 is 1.16 bits per heavy atom. The molecule has 25 heavy (non-hydrogen) atoms. The predicted octanol–water partition coefficient (Wildman–Crippen LogP) is 5.11. The van der Waals surface area contributed by atoms with Crippen molar-refractivity contribution >= 4 is 29.1 Å². The molecule has 1 aliphatic rings. The number of rotatable bonds is 2. The lowest BCUT2D eigenvalue weighted by Gasteiger charge is -2.24. The predicted molar refractivity (Wildman–Crippen MR) is 95.6 cm³/mol. The van der Waals surface area contributed by atoms with Gasteiger partial charge in [0.25, 0.3) is 0 Å². The first-order valence-corrected chi connectivity index (χ1v) is 8.00. The van der Waals surface area contributed by atoms with Crippen molar-refractivity contribution < 1.29 is 14.6 Å². The fraction of sp³-hybridized carbons (Fsp3) is 0.0526. The minimum Gasteiger partial charge on any atom is -0.488 e. The van der Waals surface area contributed by atoms with Crippen LogP contribution < -0.4 is 9.64 Å². The standard InChI is InChI=1S/C19H13ClN2O3/c20-16-3-1-2-4-17(16)22(19(23)24)13-5-6-15-14-7-8-21-10-12(14)11-25-18(15)9-13/h1-10H,11H2,(H,23,24). The lowest BCUT2D eigenvalue weighted by atomic mass is 9.98. The zero-order valence-electron chi connectivity index (χ0n) is 13.0. The third-order valence-electron chi connectivity index (χ3n) is 4.08. The third-order valence-corrected chi connectivity index (χ3v) is 4.40. The molecule has 2 aromatic carbocycles. The number of halogens is 1. The number of anilines is 2. The van der Waals surface area contributed by atoms with Crippen LogP contribution in [0.15, 0.2) is 60.9 Å². The molecule has 3 aromatic rings. The van der Waals surface area contributed by atoms with E-state index in [1.807, 2.05) is 12.1 Å². The van der Waals surface area contributed by atoms with Gasteiger partial charge in [-0.1, -0.05) is 23.7 Å². The van der Waals surface area contributed by atoms with Crippen LogP contribution in [-0.2, 0) is 6.61 Å². The summed E-state index contributed by atoms with van der Waals surface area (Å²) in [5.74, 6) is 0.634. The van der Waals surface area contributed by atoms with Crippen LogP contribution in [0.3, 0.4) is 0 Å². The number of hydrogen-bond acceptors (Lipinski definition) is 3. The number of para-hydroxylation sites is 1. The van der Waals surface area contributed by atoms with Gasteiger partial charge in [0.15, 0.2) is 0 Å². The Balaban J connectivity index is 1.82. The topological polar surface area (TPSA) is 62.7 Å². The number of carboxylic acid groups (broad SMARTS) is 1. The van der Waals surface area contributed by atoms with Gasteiger partial charge in [0.2, 0.25) is 0 Å². The Morgan fingerprint density at radius 2 is 2.00 bits per heavy atom. The highest BCUT2D eigenvalue weighted by molar-refractivity contribution is 6.34. The average Bonchev–Trinajstić information content (AvgIpc) is 2.63. The van der Waals surface area contributed by atoms with Gasteiger partial charge in [0, 0.05) is 29.6 Å². The number of carbonyl (C=O) groups is 1. The SMILES string of the molecule is O=C(O)N(c1ccc2c(c1)OCc1cnccc1-2)c1ccccc1Cl. The van der Waals surface area contributed by atoms with Gasteiger partial charge in [-0.2, -0.15) is 0 Å². The Labute approximate surface area is 149 Å². The number of ether oxygens (including phenoxy) is 1. The Bertz CT molecular complexity index is 974. The maximum Gasteiger partial charge on any atom is 0.416 e. The summed E-state index contributed by atoms with van der Waals surface area (Å²) in [5.41, 5.74) is 3.83. The molecule has 0 unspecified atom stereocenters. The van der Waals surface area contributed by atoms with Crippen molar-refractivity contribution in [3.05, 3.63) is 71.5 Å². The molecule has 6 heteroatoms. The fourth-order valence-corrected chi connectivity index (χ4v) is 3.16. The van der Waals surface area contributed by atoms with E-state index in [1.165, 1.54) is 0 Å². The summed E-state index contributed by atoms with van der Waals surface area (Å²) < 4.78 is 5.79. The van der Waals surface area contributed by atoms with Crippen molar-refractivity contribution in [3.8, 4) is 16.9 Å². The molecule has 124 valence electrons. The minimum absolute atomic E-state index is 0.361. The van der Waals surface area contributed by atoms with E-state index in [9.17, 15) is 9.90 Å². The van der Waals surface area contributed by atoms with Crippen LogP contribution in [0.25, 0.3) is 11.1 Å². The van der Waals surface area contributed by atoms with Crippen molar-refractivity contribution in [1.29, 1.82) is 0 Å². The van der Waals surface area contributed by atoms with Gasteiger partial charge in [-0.05, 0) is 35.9 Å². The van der Waals surface area contributed by atoms with Gasteiger partial charge in [0.1, 0.15) is 12.4 Å². The Morgan fingerprint density at radius 3 is 2.80 bits per heavy atom. The van der Waals surface area contributed by atoms with Crippen LogP contribution in [-0.4, -0.2) is 16.2 Å². The number of pyridine rings is 1. The summed E-state index contributed by atoms with van der Waals surface area (Å²) in [6, 6.07) is 14.1. The number of benzene rings is 2. The molecule has 1 aromatic heterocycles. The molecule has 0 aliphatic carbocycles. The monoisotopic (exact) mass is 352 g/mol. The first-order valence-electron chi connectivity index (χ1n) is 7.63. The van der Waals surface area contributed by atoms with E-state index in [4.69, 9.17) is 16.3 Å². The molecule has 4 rings (SSSR count). The molecule has 0 saturated carbocycles. The number of nitrogens with zero attached hydrogens (tertiary/aromatic N) is 2. The molecule has 1 N–H and O–H groups in total. The lowest BCUT2D eigenvalue weighted by Crippen LogP contribution is -2.24. The van der Waals surface area contributed by atoms with Crippen molar-refractivity contribution in [2.45, 2.75) is 6.61 Å². The first kappa shape index (κ1) is 15.5. The van der Waals surface area contributed by atoms with Crippen molar-refractivity contribution in [2.75, 3.05) is 4.90 Å². The normalized spacial score (nSPS) is 11.9. The van der Waals surface area contributed by atoms with E-state index in [1.54, 1.807) is 48.8 Å². The van der Waals surface area contributed by atoms with Gasteiger partial charge in [-0.3, -0.25) is 4.98 Å². The molecular weight excluding hydrogens is 340 g/mol. The molecule has 0 radical (unpaired) electrons. The van der Waals surface area contributed by atoms with Crippen LogP contribution in [0.1, 0.15) is 5.56 Å². The summed E-state index contributed by atoms with van der Waals surface area (Å²) >= 11 is 6.18. The van der Waals surface area contributed by atoms with Crippen LogP contribution >= 0.6 is 11.6 Å². The van der Waals surface area contributed by atoms with Crippen molar-refractivity contribution in [1.82, 2.24) is 4.98 Å². The minimum atomic E-state index is -1.12. The van der Waals surface area contributed by atoms with Crippen LogP contribution in [0.5, 0.6) is 5.75 Å². The molecule has 1 amide bonds. The summed E-state index contributed by atoms with van der Waals surface area (Å²) in [7, 11) is 0. The second-order valence-corrected chi connectivity index (χ2v) is 5.98. The van der Waals surface area contributed by atoms with E-state index >= 15 is 0 Å². The summed E-state index contributed by atoms with van der Waals surface area (Å²) in [4.78, 5) is 17.1. The van der Waals surface area contributed by atoms with Gasteiger partial charge in [0.05, 0.1) is 16.4 Å². The smallest absolute Gasteiger partial charge is 0.416 e. The molecule has 2 heterocycles. The van der Waals surface area contributed by atoms with E-state index in [0.29, 0.717) is 28.8 Å². The average molecular weight is 353 g/mol. The maximum atomic E-state index is 11.8. The fourth-order valence-electron chi connectivity index (χ4n) is 2.94. The molecule has 0 fully saturated rings. The first-order chi connectivity index (χ1) is 12.1. The quantitative estimate of drug-likeness (QED) is 0.696. The molecule has 0 spiro atoms. The van der Waals surface area contributed by atoms with Crippen LogP contribution in [0.4, 0.5) is 16.2 Å². The molecule has 0 saturated heterocycles. The number of hydrogen-bond donors (Lipinski definition) is 1. The second-order valence-electron chi connectivity index (χ2n) is 5.57. The molecule has 5 nitrogen and oxygen atoms in total. The van der Waals surface area contributed by atoms with E-state index < -0.39 is 6.09 Å². The molecular formula is C19H13ClN2O3. The second kappa shape index (κ2) is 6.11. The van der Waals surface area contributed by atoms with E-state index in [0.717, 1.165) is 21.6 Å². The lowest BCUT2D eigenvalue weighted by molar-refractivity contribution is 0.205. The largest absolute Gasteiger partial charge is 0.488 e. The molecule has 1 aliphatic heterocycles. The summed E-state index contributed by atoms with van der Waals surface area (Å²) in [6.45, 7) is 0.402.